The molecule has 4 heteroatoms. The largest absolute Gasteiger partial charge is 0.335 e. The Balaban J connectivity index is 1.72. The lowest BCUT2D eigenvalue weighted by molar-refractivity contribution is 1.01. The summed E-state index contributed by atoms with van der Waals surface area (Å²) in [7, 11) is 0. The van der Waals surface area contributed by atoms with Crippen LogP contribution in [0.4, 0.5) is 5.69 Å². The first-order chi connectivity index (χ1) is 14.8. The van der Waals surface area contributed by atoms with Gasteiger partial charge in [0.15, 0.2) is 0 Å². The van der Waals surface area contributed by atoms with E-state index >= 15 is 0 Å². The summed E-state index contributed by atoms with van der Waals surface area (Å²) in [5, 5.41) is 22.4. The number of benzene rings is 3. The zero-order chi connectivity index (χ0) is 20.9. The van der Waals surface area contributed by atoms with Crippen molar-refractivity contribution >= 4 is 33.8 Å². The number of hydrogen-bond acceptors (Lipinski definition) is 4. The number of thioether (sulfide) groups is 1. The molecule has 0 saturated heterocycles. The van der Waals surface area contributed by atoms with E-state index in [4.69, 9.17) is 0 Å². The highest BCUT2D eigenvalue weighted by molar-refractivity contribution is 8.03. The third-order valence-corrected chi connectivity index (χ3v) is 6.12. The number of allylic oxidation sites excluding steroid dienone is 5. The van der Waals surface area contributed by atoms with Crippen LogP contribution in [-0.2, 0) is 0 Å². The van der Waals surface area contributed by atoms with Gasteiger partial charge in [-0.1, -0.05) is 84.6 Å². The van der Waals surface area contributed by atoms with Gasteiger partial charge in [0.1, 0.15) is 17.7 Å². The minimum Gasteiger partial charge on any atom is -0.335 e. The zero-order valence-corrected chi connectivity index (χ0v) is 17.4. The average molecular weight is 406 g/mol. The summed E-state index contributed by atoms with van der Waals surface area (Å²) in [6.45, 7) is 3.00. The number of nitrogens with zero attached hydrogens (tertiary/aromatic N) is 3. The summed E-state index contributed by atoms with van der Waals surface area (Å²) in [6, 6.07) is 26.3. The van der Waals surface area contributed by atoms with Crippen LogP contribution in [0.2, 0.25) is 0 Å². The molecule has 0 spiro atoms. The molecule has 0 fully saturated rings. The first kappa shape index (κ1) is 19.6. The second kappa shape index (κ2) is 8.74. The van der Waals surface area contributed by atoms with Crippen LogP contribution in [0, 0.1) is 22.7 Å². The Morgan fingerprint density at radius 2 is 1.70 bits per heavy atom. The van der Waals surface area contributed by atoms with Crippen molar-refractivity contribution in [3.05, 3.63) is 101 Å². The van der Waals surface area contributed by atoms with Crippen LogP contribution in [-0.4, -0.2) is 6.54 Å². The molecule has 0 amide bonds. The molecule has 3 aromatic rings. The Bertz CT molecular complexity index is 1260. The normalized spacial score (nSPS) is 14.0. The van der Waals surface area contributed by atoms with Crippen LogP contribution >= 0.6 is 11.8 Å². The van der Waals surface area contributed by atoms with E-state index in [9.17, 15) is 10.5 Å². The first-order valence-electron chi connectivity index (χ1n) is 9.72. The Morgan fingerprint density at radius 3 is 2.43 bits per heavy atom. The zero-order valence-electron chi connectivity index (χ0n) is 16.5. The Labute approximate surface area is 180 Å². The van der Waals surface area contributed by atoms with Gasteiger partial charge in [-0.25, -0.2) is 0 Å². The summed E-state index contributed by atoms with van der Waals surface area (Å²) >= 11 is 1.74. The molecule has 0 N–H and O–H groups in total. The smallest absolute Gasteiger partial charge is 0.137 e. The standard InChI is InChI=1S/C26H19N3S/c1-2-29-25(30-24-16-15-20-11-6-7-12-23(20)26(24)29)14-8-13-22(21(17-27)18-28)19-9-4-3-5-10-19/h3-16H,2H2,1H3/b13-8+,25-14+. The van der Waals surface area contributed by atoms with Gasteiger partial charge >= 0.3 is 0 Å². The SMILES string of the molecule is CCN1/C(=C\C=C\C(=C(C#N)C#N)c2ccccc2)Sc2ccc3ccccc3c21. The van der Waals surface area contributed by atoms with Crippen molar-refractivity contribution in [1.82, 2.24) is 0 Å². The second-order valence-corrected chi connectivity index (χ2v) is 7.78. The molecule has 0 aliphatic carbocycles. The van der Waals surface area contributed by atoms with Gasteiger partial charge in [0.05, 0.1) is 10.7 Å². The van der Waals surface area contributed by atoms with Crippen molar-refractivity contribution in [3.63, 3.8) is 0 Å². The van der Waals surface area contributed by atoms with Crippen molar-refractivity contribution < 1.29 is 0 Å². The van der Waals surface area contributed by atoms with Gasteiger partial charge < -0.3 is 4.90 Å². The van der Waals surface area contributed by atoms with Crippen LogP contribution in [0.15, 0.2) is 100 Å². The highest BCUT2D eigenvalue weighted by atomic mass is 32.2. The van der Waals surface area contributed by atoms with Crippen molar-refractivity contribution in [3.8, 4) is 12.1 Å². The van der Waals surface area contributed by atoms with E-state index in [1.807, 2.05) is 54.6 Å². The van der Waals surface area contributed by atoms with E-state index in [0.717, 1.165) is 17.1 Å². The van der Waals surface area contributed by atoms with E-state index in [2.05, 4.69) is 54.3 Å². The van der Waals surface area contributed by atoms with E-state index in [1.165, 1.54) is 21.4 Å². The van der Waals surface area contributed by atoms with Crippen molar-refractivity contribution in [1.29, 1.82) is 10.5 Å². The lowest BCUT2D eigenvalue weighted by atomic mass is 10.0. The highest BCUT2D eigenvalue weighted by Crippen LogP contribution is 2.49. The Kier molecular flexibility index (Phi) is 5.70. The number of anilines is 1. The van der Waals surface area contributed by atoms with Crippen LogP contribution in [0.5, 0.6) is 0 Å². The summed E-state index contributed by atoms with van der Waals surface area (Å²) in [5.41, 5.74) is 2.84. The summed E-state index contributed by atoms with van der Waals surface area (Å²) in [6.07, 6.45) is 5.83. The number of rotatable bonds is 4. The minimum absolute atomic E-state index is 0.108. The first-order valence-corrected chi connectivity index (χ1v) is 10.5. The van der Waals surface area contributed by atoms with E-state index in [-0.39, 0.29) is 5.57 Å². The molecular formula is C26H19N3S. The summed E-state index contributed by atoms with van der Waals surface area (Å²) in [5.74, 6) is 0. The van der Waals surface area contributed by atoms with Gasteiger partial charge in [-0.05, 0) is 30.0 Å². The van der Waals surface area contributed by atoms with E-state index < -0.39 is 0 Å². The molecule has 3 nitrogen and oxygen atoms in total. The molecule has 0 saturated carbocycles. The van der Waals surface area contributed by atoms with Crippen molar-refractivity contribution in [2.75, 3.05) is 11.4 Å². The second-order valence-electron chi connectivity index (χ2n) is 6.72. The third-order valence-electron chi connectivity index (χ3n) is 5.01. The fraction of sp³-hybridized carbons (Fsp3) is 0.0769. The van der Waals surface area contributed by atoms with Gasteiger partial charge in [-0.2, -0.15) is 10.5 Å². The Morgan fingerprint density at radius 1 is 0.967 bits per heavy atom. The number of fused-ring (bicyclic) bond motifs is 3. The van der Waals surface area contributed by atoms with Crippen LogP contribution < -0.4 is 4.90 Å². The maximum Gasteiger partial charge on any atom is 0.137 e. The predicted octanol–water partition coefficient (Wildman–Crippen LogP) is 6.67. The van der Waals surface area contributed by atoms with Gasteiger partial charge in [0.25, 0.3) is 0 Å². The molecule has 3 aromatic carbocycles. The fourth-order valence-electron chi connectivity index (χ4n) is 3.63. The van der Waals surface area contributed by atoms with Gasteiger partial charge in [-0.3, -0.25) is 0 Å². The van der Waals surface area contributed by atoms with E-state index in [1.54, 1.807) is 11.8 Å². The molecule has 0 aromatic heterocycles. The maximum absolute atomic E-state index is 9.38. The Hall–Kier alpha value is -3.73. The minimum atomic E-state index is 0.108. The topological polar surface area (TPSA) is 50.8 Å². The van der Waals surface area contributed by atoms with Crippen molar-refractivity contribution in [2.45, 2.75) is 11.8 Å². The lowest BCUT2D eigenvalue weighted by Gasteiger charge is -2.19. The number of hydrogen-bond donors (Lipinski definition) is 0. The monoisotopic (exact) mass is 405 g/mol. The third kappa shape index (κ3) is 3.62. The van der Waals surface area contributed by atoms with E-state index in [0.29, 0.717) is 5.57 Å². The molecule has 1 heterocycles. The fourth-order valence-corrected chi connectivity index (χ4v) is 4.78. The molecule has 0 radical (unpaired) electrons. The predicted molar refractivity (Wildman–Crippen MR) is 125 cm³/mol. The molecule has 0 bridgehead atoms. The molecule has 0 unspecified atom stereocenters. The molecule has 1 aliphatic heterocycles. The summed E-state index contributed by atoms with van der Waals surface area (Å²) in [4.78, 5) is 3.55. The molecular weight excluding hydrogens is 386 g/mol. The molecule has 1 aliphatic rings. The molecule has 4 rings (SSSR count). The molecule has 30 heavy (non-hydrogen) atoms. The average Bonchev–Trinajstić information content (AvgIpc) is 3.17. The van der Waals surface area contributed by atoms with Gasteiger partial charge in [0.2, 0.25) is 0 Å². The van der Waals surface area contributed by atoms with Gasteiger partial charge in [-0.15, -0.1) is 0 Å². The lowest BCUT2D eigenvalue weighted by Crippen LogP contribution is -2.16. The van der Waals surface area contributed by atoms with Crippen molar-refractivity contribution in [2.24, 2.45) is 0 Å². The molecule has 144 valence electrons. The van der Waals surface area contributed by atoms with Gasteiger partial charge in [0, 0.05) is 22.4 Å². The summed E-state index contributed by atoms with van der Waals surface area (Å²) < 4.78 is 0. The van der Waals surface area contributed by atoms with Crippen LogP contribution in [0.25, 0.3) is 16.3 Å². The maximum atomic E-state index is 9.38. The number of nitriles is 2. The quantitative estimate of drug-likeness (QED) is 0.359. The highest BCUT2D eigenvalue weighted by Gasteiger charge is 2.25. The van der Waals surface area contributed by atoms with Crippen LogP contribution in [0.1, 0.15) is 12.5 Å². The van der Waals surface area contributed by atoms with Crippen LogP contribution in [0.3, 0.4) is 0 Å². The molecule has 0 atom stereocenters.